The van der Waals surface area contributed by atoms with Crippen LogP contribution in [0.5, 0.6) is 0 Å². The van der Waals surface area contributed by atoms with Crippen molar-refractivity contribution in [1.29, 1.82) is 0 Å². The summed E-state index contributed by atoms with van der Waals surface area (Å²) < 4.78 is 27.4. The number of anilines is 1. The summed E-state index contributed by atoms with van der Waals surface area (Å²) in [6.45, 7) is 0. The van der Waals surface area contributed by atoms with Crippen LogP contribution in [0.25, 0.3) is 11.0 Å². The van der Waals surface area contributed by atoms with Crippen LogP contribution in [0.2, 0.25) is 0 Å². The Balaban J connectivity index is 1.99. The van der Waals surface area contributed by atoms with Crippen LogP contribution in [0.4, 0.5) is 14.5 Å². The van der Waals surface area contributed by atoms with Crippen LogP contribution in [-0.4, -0.2) is 20.7 Å². The number of Topliss-reactive ketones (excluding diaryl/α,β-unsaturated/α-hetero) is 1. The number of ketones is 1. The minimum absolute atomic E-state index is 0.0516. The van der Waals surface area contributed by atoms with Crippen molar-refractivity contribution in [2.24, 2.45) is 0 Å². The van der Waals surface area contributed by atoms with E-state index < -0.39 is 28.5 Å². The van der Waals surface area contributed by atoms with Crippen LogP contribution in [0.1, 0.15) is 22.3 Å². The molecule has 0 saturated heterocycles. The number of fused-ring (bicyclic) bond motifs is 1. The van der Waals surface area contributed by atoms with Gasteiger partial charge in [-0.15, -0.1) is 4.73 Å². The summed E-state index contributed by atoms with van der Waals surface area (Å²) in [7, 11) is 0. The number of aromatic nitrogens is 2. The molecule has 0 saturated carbocycles. The van der Waals surface area contributed by atoms with Gasteiger partial charge in [-0.25, -0.2) is 13.8 Å². The summed E-state index contributed by atoms with van der Waals surface area (Å²) in [4.78, 5) is 28.7. The fraction of sp³-hybridized carbons (Fsp3) is 0.118. The van der Waals surface area contributed by atoms with Gasteiger partial charge in [0.2, 0.25) is 0 Å². The smallest absolute Gasteiger partial charge is 0.297 e. The molecule has 0 atom stereocenters. The molecule has 0 radical (unpaired) electrons. The third kappa shape index (κ3) is 3.17. The van der Waals surface area contributed by atoms with Crippen molar-refractivity contribution in [2.45, 2.75) is 12.8 Å². The average Bonchev–Trinajstić information content (AvgIpc) is 2.59. The number of nitrogen functional groups attached to an aromatic ring is 1. The summed E-state index contributed by atoms with van der Waals surface area (Å²) in [5, 5.41) is 10.2. The average molecular weight is 424 g/mol. The maximum absolute atomic E-state index is 13.7. The molecule has 2 heterocycles. The number of aryl methyl sites for hydroxylation is 1. The zero-order chi connectivity index (χ0) is 19.0. The van der Waals surface area contributed by atoms with E-state index in [1.807, 2.05) is 0 Å². The largest absolute Gasteiger partial charge is 0.423 e. The van der Waals surface area contributed by atoms with Gasteiger partial charge in [-0.1, -0.05) is 6.07 Å². The third-order valence-electron chi connectivity index (χ3n) is 3.92. The molecule has 3 N–H and O–H groups in total. The lowest BCUT2D eigenvalue weighted by Crippen LogP contribution is -2.28. The quantitative estimate of drug-likeness (QED) is 0.496. The molecule has 1 aromatic carbocycles. The Morgan fingerprint density at radius 3 is 2.73 bits per heavy atom. The molecule has 3 aromatic rings. The van der Waals surface area contributed by atoms with Crippen molar-refractivity contribution >= 4 is 38.4 Å². The molecule has 0 aliphatic heterocycles. The van der Waals surface area contributed by atoms with Crippen molar-refractivity contribution in [3.8, 4) is 0 Å². The van der Waals surface area contributed by atoms with E-state index in [-0.39, 0.29) is 39.9 Å². The van der Waals surface area contributed by atoms with Gasteiger partial charge in [0.25, 0.3) is 5.56 Å². The molecule has 3 rings (SSSR count). The third-order valence-corrected chi connectivity index (χ3v) is 4.35. The predicted octanol–water partition coefficient (Wildman–Crippen LogP) is 3.07. The molecule has 134 valence electrons. The standard InChI is InChI=1S/C17H12BrF2N3O3/c18-9-5-11-15(21)14(17(25)23(26)16(11)22-7-9)13(24)4-2-8-1-3-10(19)6-12(8)20/h1,3,5-7,26H,2,4,21H2. The highest BCUT2D eigenvalue weighted by atomic mass is 79.9. The summed E-state index contributed by atoms with van der Waals surface area (Å²) in [6, 6.07) is 4.54. The van der Waals surface area contributed by atoms with Crippen LogP contribution in [0, 0.1) is 11.6 Å². The van der Waals surface area contributed by atoms with E-state index >= 15 is 0 Å². The Bertz CT molecular complexity index is 1100. The molecule has 0 amide bonds. The van der Waals surface area contributed by atoms with Crippen LogP contribution in [-0.2, 0) is 6.42 Å². The Morgan fingerprint density at radius 1 is 1.31 bits per heavy atom. The van der Waals surface area contributed by atoms with Gasteiger partial charge in [-0.05, 0) is 40.0 Å². The molecule has 0 aliphatic rings. The van der Waals surface area contributed by atoms with Crippen molar-refractivity contribution < 1.29 is 18.8 Å². The van der Waals surface area contributed by atoms with E-state index in [1.165, 1.54) is 18.3 Å². The number of nitrogens with zero attached hydrogens (tertiary/aromatic N) is 2. The lowest BCUT2D eigenvalue weighted by atomic mass is 10.0. The normalized spacial score (nSPS) is 11.0. The van der Waals surface area contributed by atoms with Gasteiger partial charge < -0.3 is 10.9 Å². The molecule has 9 heteroatoms. The zero-order valence-electron chi connectivity index (χ0n) is 13.2. The number of carbonyl (C=O) groups excluding carboxylic acids is 1. The fourth-order valence-electron chi connectivity index (χ4n) is 2.62. The van der Waals surface area contributed by atoms with Gasteiger partial charge in [0.05, 0.1) is 5.69 Å². The molecule has 0 aliphatic carbocycles. The van der Waals surface area contributed by atoms with Crippen molar-refractivity contribution in [1.82, 2.24) is 9.71 Å². The number of benzene rings is 1. The first-order valence-electron chi connectivity index (χ1n) is 7.45. The van der Waals surface area contributed by atoms with E-state index in [1.54, 1.807) is 0 Å². The predicted molar refractivity (Wildman–Crippen MR) is 94.3 cm³/mol. The molecular formula is C17H12BrF2N3O3. The minimum atomic E-state index is -1.01. The van der Waals surface area contributed by atoms with Crippen LogP contribution < -0.4 is 11.3 Å². The highest BCUT2D eigenvalue weighted by Crippen LogP contribution is 2.25. The monoisotopic (exact) mass is 423 g/mol. The summed E-state index contributed by atoms with van der Waals surface area (Å²) >= 11 is 3.20. The first-order chi connectivity index (χ1) is 12.3. The van der Waals surface area contributed by atoms with E-state index in [4.69, 9.17) is 5.73 Å². The van der Waals surface area contributed by atoms with Gasteiger partial charge in [0.1, 0.15) is 17.2 Å². The second-order valence-electron chi connectivity index (χ2n) is 5.59. The maximum atomic E-state index is 13.7. The first kappa shape index (κ1) is 18.0. The molecular weight excluding hydrogens is 412 g/mol. The number of nitrogens with two attached hydrogens (primary N) is 1. The van der Waals surface area contributed by atoms with Gasteiger partial charge >= 0.3 is 0 Å². The molecule has 2 aromatic heterocycles. The van der Waals surface area contributed by atoms with Crippen LogP contribution in [0.15, 0.2) is 39.7 Å². The SMILES string of the molecule is Nc1c(C(=O)CCc2ccc(F)cc2F)c(=O)n(O)c2ncc(Br)cc12. The number of rotatable bonds is 4. The first-order valence-corrected chi connectivity index (χ1v) is 8.25. The molecule has 0 fully saturated rings. The second kappa shape index (κ2) is 6.83. The second-order valence-corrected chi connectivity index (χ2v) is 6.50. The minimum Gasteiger partial charge on any atom is -0.423 e. The highest BCUT2D eigenvalue weighted by molar-refractivity contribution is 9.10. The molecule has 0 unspecified atom stereocenters. The Labute approximate surface area is 154 Å². The number of halogens is 3. The van der Waals surface area contributed by atoms with Crippen molar-refractivity contribution in [3.05, 3.63) is 68.1 Å². The van der Waals surface area contributed by atoms with E-state index in [2.05, 4.69) is 20.9 Å². The molecule has 6 nitrogen and oxygen atoms in total. The lowest BCUT2D eigenvalue weighted by molar-refractivity contribution is 0.0976. The number of hydrogen-bond acceptors (Lipinski definition) is 5. The highest BCUT2D eigenvalue weighted by Gasteiger charge is 2.22. The summed E-state index contributed by atoms with van der Waals surface area (Å²) in [5.74, 6) is -2.17. The van der Waals surface area contributed by atoms with Gasteiger partial charge in [0.15, 0.2) is 11.4 Å². The topological polar surface area (TPSA) is 98.2 Å². The van der Waals surface area contributed by atoms with Crippen LogP contribution >= 0.6 is 15.9 Å². The van der Waals surface area contributed by atoms with Gasteiger partial charge in [-0.2, -0.15) is 0 Å². The Kier molecular flexibility index (Phi) is 4.73. The fourth-order valence-corrected chi connectivity index (χ4v) is 2.95. The van der Waals surface area contributed by atoms with Crippen LogP contribution in [0.3, 0.4) is 0 Å². The van der Waals surface area contributed by atoms with E-state index in [9.17, 15) is 23.6 Å². The van der Waals surface area contributed by atoms with Crippen molar-refractivity contribution in [3.63, 3.8) is 0 Å². The van der Waals surface area contributed by atoms with E-state index in [0.717, 1.165) is 6.07 Å². The summed E-state index contributed by atoms with van der Waals surface area (Å²) in [6.07, 6.45) is 1.08. The summed E-state index contributed by atoms with van der Waals surface area (Å²) in [5.41, 5.74) is 4.47. The molecule has 26 heavy (non-hydrogen) atoms. The number of carbonyl (C=O) groups is 1. The van der Waals surface area contributed by atoms with E-state index in [0.29, 0.717) is 10.5 Å². The van der Waals surface area contributed by atoms with Gasteiger partial charge in [0, 0.05) is 28.5 Å². The Morgan fingerprint density at radius 2 is 2.04 bits per heavy atom. The number of pyridine rings is 2. The number of hydrogen-bond donors (Lipinski definition) is 2. The maximum Gasteiger partial charge on any atom is 0.297 e. The molecule has 0 spiro atoms. The van der Waals surface area contributed by atoms with Crippen molar-refractivity contribution in [2.75, 3.05) is 5.73 Å². The van der Waals surface area contributed by atoms with Gasteiger partial charge in [-0.3, -0.25) is 9.59 Å². The lowest BCUT2D eigenvalue weighted by Gasteiger charge is -2.10. The Hall–Kier alpha value is -2.81. The molecule has 0 bridgehead atoms. The zero-order valence-corrected chi connectivity index (χ0v) is 14.8.